The second-order valence-electron chi connectivity index (χ2n) is 5.34. The lowest BCUT2D eigenvalue weighted by atomic mass is 10.1. The molecular formula is C15H19ClN4O. The summed E-state index contributed by atoms with van der Waals surface area (Å²) >= 11 is 5.85. The second-order valence-corrected chi connectivity index (χ2v) is 5.78. The Morgan fingerprint density at radius 1 is 1.38 bits per heavy atom. The van der Waals surface area contributed by atoms with Gasteiger partial charge in [-0.05, 0) is 23.6 Å². The molecule has 0 atom stereocenters. The van der Waals surface area contributed by atoms with Gasteiger partial charge in [0.05, 0.1) is 11.4 Å². The van der Waals surface area contributed by atoms with Crippen LogP contribution in [0.4, 0.5) is 5.69 Å². The molecule has 0 spiro atoms. The number of aromatic amines is 1. The molecule has 0 bridgehead atoms. The summed E-state index contributed by atoms with van der Waals surface area (Å²) in [6.45, 7) is 4.46. The molecule has 1 aromatic heterocycles. The largest absolute Gasteiger partial charge is 0.395 e. The molecule has 0 saturated heterocycles. The minimum Gasteiger partial charge on any atom is -0.395 e. The number of nitrogen functional groups attached to an aromatic ring is 1. The maximum atomic E-state index is 12.4. The topological polar surface area (TPSA) is 75.0 Å². The van der Waals surface area contributed by atoms with Crippen LogP contribution in [0.15, 0.2) is 24.3 Å². The van der Waals surface area contributed by atoms with Gasteiger partial charge in [-0.2, -0.15) is 5.10 Å². The third-order valence-corrected chi connectivity index (χ3v) is 3.55. The fraction of sp³-hybridized carbons (Fsp3) is 0.333. The smallest absolute Gasteiger partial charge is 0.276 e. The Labute approximate surface area is 129 Å². The van der Waals surface area contributed by atoms with Gasteiger partial charge in [0.25, 0.3) is 5.91 Å². The molecule has 5 nitrogen and oxygen atoms in total. The van der Waals surface area contributed by atoms with Crippen molar-refractivity contribution in [2.24, 2.45) is 0 Å². The van der Waals surface area contributed by atoms with E-state index in [1.165, 1.54) is 0 Å². The van der Waals surface area contributed by atoms with Gasteiger partial charge in [-0.15, -0.1) is 0 Å². The fourth-order valence-corrected chi connectivity index (χ4v) is 2.21. The summed E-state index contributed by atoms with van der Waals surface area (Å²) in [5.74, 6) is -0.00813. The van der Waals surface area contributed by atoms with Gasteiger partial charge >= 0.3 is 0 Å². The molecule has 0 aliphatic heterocycles. The number of benzene rings is 1. The molecule has 1 heterocycles. The zero-order valence-corrected chi connectivity index (χ0v) is 13.1. The lowest BCUT2D eigenvalue weighted by Gasteiger charge is -2.16. The minimum absolute atomic E-state index is 0.195. The highest BCUT2D eigenvalue weighted by Crippen LogP contribution is 2.23. The molecule has 0 aliphatic rings. The van der Waals surface area contributed by atoms with Gasteiger partial charge in [-0.25, -0.2) is 0 Å². The van der Waals surface area contributed by atoms with E-state index < -0.39 is 0 Å². The standard InChI is InChI=1S/C15H19ClN4O/c1-9(2)13-12(17)14(19-18-13)15(21)20(3)8-10-4-6-11(16)7-5-10/h4-7,9H,8,17H2,1-3H3,(H,18,19). The van der Waals surface area contributed by atoms with Gasteiger partial charge < -0.3 is 10.6 Å². The molecule has 0 fully saturated rings. The first kappa shape index (κ1) is 15.4. The van der Waals surface area contributed by atoms with Crippen LogP contribution < -0.4 is 5.73 Å². The third kappa shape index (κ3) is 3.36. The van der Waals surface area contributed by atoms with E-state index in [0.717, 1.165) is 11.3 Å². The van der Waals surface area contributed by atoms with Gasteiger partial charge in [0.2, 0.25) is 0 Å². The molecule has 2 aromatic rings. The van der Waals surface area contributed by atoms with Gasteiger partial charge in [-0.3, -0.25) is 9.89 Å². The quantitative estimate of drug-likeness (QED) is 0.911. The van der Waals surface area contributed by atoms with Crippen LogP contribution in [0, 0.1) is 0 Å². The van der Waals surface area contributed by atoms with Crippen molar-refractivity contribution in [3.8, 4) is 0 Å². The maximum Gasteiger partial charge on any atom is 0.276 e. The van der Waals surface area contributed by atoms with Crippen molar-refractivity contribution in [3.05, 3.63) is 46.2 Å². The van der Waals surface area contributed by atoms with Crippen molar-refractivity contribution in [3.63, 3.8) is 0 Å². The Morgan fingerprint density at radius 3 is 2.52 bits per heavy atom. The van der Waals surface area contributed by atoms with Crippen LogP contribution in [-0.2, 0) is 6.54 Å². The number of nitrogens with two attached hydrogens (primary N) is 1. The number of halogens is 1. The van der Waals surface area contributed by atoms with Crippen molar-refractivity contribution >= 4 is 23.2 Å². The summed E-state index contributed by atoms with van der Waals surface area (Å²) in [5.41, 5.74) is 8.48. The molecule has 0 unspecified atom stereocenters. The van der Waals surface area contributed by atoms with Crippen LogP contribution in [0.5, 0.6) is 0 Å². The van der Waals surface area contributed by atoms with E-state index in [2.05, 4.69) is 10.2 Å². The van der Waals surface area contributed by atoms with Gasteiger partial charge in [-0.1, -0.05) is 37.6 Å². The van der Waals surface area contributed by atoms with Crippen molar-refractivity contribution in [1.82, 2.24) is 15.1 Å². The monoisotopic (exact) mass is 306 g/mol. The SMILES string of the molecule is CC(C)c1[nH]nc(C(=O)N(C)Cc2ccc(Cl)cc2)c1N. The van der Waals surface area contributed by atoms with Crippen LogP contribution in [-0.4, -0.2) is 28.1 Å². The number of amides is 1. The highest BCUT2D eigenvalue weighted by Gasteiger charge is 2.21. The van der Waals surface area contributed by atoms with E-state index in [1.54, 1.807) is 24.1 Å². The summed E-state index contributed by atoms with van der Waals surface area (Å²) in [4.78, 5) is 14.0. The van der Waals surface area contributed by atoms with Crippen LogP contribution in [0.3, 0.4) is 0 Å². The second kappa shape index (κ2) is 6.18. The molecule has 0 saturated carbocycles. The molecule has 0 aliphatic carbocycles. The van der Waals surface area contributed by atoms with E-state index in [0.29, 0.717) is 17.3 Å². The number of anilines is 1. The molecule has 21 heavy (non-hydrogen) atoms. The summed E-state index contributed by atoms with van der Waals surface area (Å²) in [6, 6.07) is 7.38. The number of rotatable bonds is 4. The zero-order valence-electron chi connectivity index (χ0n) is 12.4. The van der Waals surface area contributed by atoms with E-state index >= 15 is 0 Å². The summed E-state index contributed by atoms with van der Waals surface area (Å²) in [5, 5.41) is 7.56. The number of H-pyrrole nitrogens is 1. The normalized spacial score (nSPS) is 10.9. The Kier molecular flexibility index (Phi) is 4.53. The van der Waals surface area contributed by atoms with Gasteiger partial charge in [0, 0.05) is 18.6 Å². The van der Waals surface area contributed by atoms with Crippen molar-refractivity contribution in [2.45, 2.75) is 26.3 Å². The van der Waals surface area contributed by atoms with Crippen molar-refractivity contribution < 1.29 is 4.79 Å². The number of aromatic nitrogens is 2. The predicted octanol–water partition coefficient (Wildman–Crippen LogP) is 3.04. The number of hydrogen-bond donors (Lipinski definition) is 2. The minimum atomic E-state index is -0.203. The van der Waals surface area contributed by atoms with Crippen LogP contribution >= 0.6 is 11.6 Å². The maximum absolute atomic E-state index is 12.4. The molecule has 6 heteroatoms. The predicted molar refractivity (Wildman–Crippen MR) is 84.3 cm³/mol. The number of nitrogens with one attached hydrogen (secondary N) is 1. The number of hydrogen-bond acceptors (Lipinski definition) is 3. The van der Waals surface area contributed by atoms with Gasteiger partial charge in [0.15, 0.2) is 5.69 Å². The number of carbonyl (C=O) groups is 1. The van der Waals surface area contributed by atoms with Crippen molar-refractivity contribution in [2.75, 3.05) is 12.8 Å². The fourth-order valence-electron chi connectivity index (χ4n) is 2.08. The molecule has 112 valence electrons. The van der Waals surface area contributed by atoms with E-state index in [4.69, 9.17) is 17.3 Å². The summed E-state index contributed by atoms with van der Waals surface area (Å²) in [6.07, 6.45) is 0. The average molecular weight is 307 g/mol. The highest BCUT2D eigenvalue weighted by atomic mass is 35.5. The molecular weight excluding hydrogens is 288 g/mol. The lowest BCUT2D eigenvalue weighted by molar-refractivity contribution is 0.0780. The first-order chi connectivity index (χ1) is 9.90. The Morgan fingerprint density at radius 2 is 2.00 bits per heavy atom. The summed E-state index contributed by atoms with van der Waals surface area (Å²) < 4.78 is 0. The number of carbonyl (C=O) groups excluding carboxylic acids is 1. The first-order valence-electron chi connectivity index (χ1n) is 6.73. The Hall–Kier alpha value is -2.01. The number of nitrogens with zero attached hydrogens (tertiary/aromatic N) is 2. The van der Waals surface area contributed by atoms with E-state index in [-0.39, 0.29) is 17.5 Å². The van der Waals surface area contributed by atoms with E-state index in [1.807, 2.05) is 26.0 Å². The van der Waals surface area contributed by atoms with Crippen LogP contribution in [0.1, 0.15) is 41.5 Å². The van der Waals surface area contributed by atoms with Crippen LogP contribution in [0.25, 0.3) is 0 Å². The Bertz CT molecular complexity index is 634. The molecule has 0 radical (unpaired) electrons. The zero-order chi connectivity index (χ0) is 15.6. The molecule has 1 aromatic carbocycles. The van der Waals surface area contributed by atoms with Gasteiger partial charge in [0.1, 0.15) is 0 Å². The lowest BCUT2D eigenvalue weighted by Crippen LogP contribution is -2.27. The summed E-state index contributed by atoms with van der Waals surface area (Å²) in [7, 11) is 1.72. The molecule has 1 amide bonds. The highest BCUT2D eigenvalue weighted by molar-refractivity contribution is 6.30. The van der Waals surface area contributed by atoms with Crippen molar-refractivity contribution in [1.29, 1.82) is 0 Å². The van der Waals surface area contributed by atoms with Crippen LogP contribution in [0.2, 0.25) is 5.02 Å². The Balaban J connectivity index is 2.14. The van der Waals surface area contributed by atoms with E-state index in [9.17, 15) is 4.79 Å². The molecule has 2 rings (SSSR count). The first-order valence-corrected chi connectivity index (χ1v) is 7.11. The average Bonchev–Trinajstić information content (AvgIpc) is 2.82. The molecule has 3 N–H and O–H groups in total. The third-order valence-electron chi connectivity index (χ3n) is 3.29.